The molecule has 0 saturated heterocycles. The Labute approximate surface area is 246 Å². The fourth-order valence-corrected chi connectivity index (χ4v) is 5.23. The van der Waals surface area contributed by atoms with Crippen LogP contribution >= 0.6 is 11.6 Å². The Bertz CT molecular complexity index is 1440. The largest absolute Gasteiger partial charge is 0.495 e. The summed E-state index contributed by atoms with van der Waals surface area (Å²) in [6.45, 7) is 3.61. The lowest BCUT2D eigenvalue weighted by molar-refractivity contribution is -0.140. The van der Waals surface area contributed by atoms with E-state index < -0.39 is 34.3 Å². The second kappa shape index (κ2) is 14.3. The number of ether oxygens (including phenoxy) is 1. The van der Waals surface area contributed by atoms with Crippen LogP contribution in [0.15, 0.2) is 72.8 Å². The molecule has 0 aliphatic carbocycles. The first-order valence-corrected chi connectivity index (χ1v) is 15.3. The van der Waals surface area contributed by atoms with Crippen molar-refractivity contribution in [3.63, 3.8) is 0 Å². The van der Waals surface area contributed by atoms with E-state index in [-0.39, 0.29) is 41.3 Å². The molecule has 0 aromatic heterocycles. The average Bonchev–Trinajstić information content (AvgIpc) is 2.93. The standard InChI is InChI=1S/C30H35ClFN3O5S/c1-21(2)18-33-30(37)27(16-22-8-6-5-7-9-22)34(19-23-10-13-25(32)14-11-23)29(36)20-35(41(4,38)39)26-17-24(31)12-15-28(26)40-3/h5-15,17,21,27H,16,18-20H2,1-4H3,(H,33,37)/t27-/m1/s1. The number of benzene rings is 3. The maximum absolute atomic E-state index is 14.1. The van der Waals surface area contributed by atoms with Gasteiger partial charge in [-0.3, -0.25) is 13.9 Å². The molecule has 0 bridgehead atoms. The monoisotopic (exact) mass is 603 g/mol. The summed E-state index contributed by atoms with van der Waals surface area (Å²) in [6, 6.07) is 18.3. The van der Waals surface area contributed by atoms with Crippen molar-refractivity contribution >= 4 is 39.1 Å². The van der Waals surface area contributed by atoms with Gasteiger partial charge < -0.3 is 15.0 Å². The number of sulfonamides is 1. The van der Waals surface area contributed by atoms with E-state index in [1.807, 2.05) is 44.2 Å². The number of nitrogens with zero attached hydrogens (tertiary/aromatic N) is 2. The third kappa shape index (κ3) is 9.19. The Morgan fingerprint density at radius 3 is 2.24 bits per heavy atom. The van der Waals surface area contributed by atoms with Crippen LogP contribution in [-0.4, -0.2) is 57.6 Å². The van der Waals surface area contributed by atoms with E-state index in [1.54, 1.807) is 6.07 Å². The normalized spacial score (nSPS) is 12.1. The quantitative estimate of drug-likeness (QED) is 0.306. The second-order valence-electron chi connectivity index (χ2n) is 10.1. The Balaban J connectivity index is 2.08. The first-order valence-electron chi connectivity index (χ1n) is 13.1. The molecule has 0 saturated carbocycles. The highest BCUT2D eigenvalue weighted by atomic mass is 35.5. The predicted octanol–water partition coefficient (Wildman–Crippen LogP) is 4.67. The number of carbonyl (C=O) groups is 2. The summed E-state index contributed by atoms with van der Waals surface area (Å²) >= 11 is 6.17. The second-order valence-corrected chi connectivity index (χ2v) is 12.4. The minimum absolute atomic E-state index is 0.0595. The van der Waals surface area contributed by atoms with Gasteiger partial charge in [-0.05, 0) is 47.4 Å². The van der Waals surface area contributed by atoms with E-state index >= 15 is 0 Å². The summed E-state index contributed by atoms with van der Waals surface area (Å²) < 4.78 is 45.9. The molecule has 0 radical (unpaired) electrons. The SMILES string of the molecule is COc1ccc(Cl)cc1N(CC(=O)N(Cc1ccc(F)cc1)[C@H](Cc1ccccc1)C(=O)NCC(C)C)S(C)(=O)=O. The zero-order valence-corrected chi connectivity index (χ0v) is 25.1. The average molecular weight is 604 g/mol. The lowest BCUT2D eigenvalue weighted by atomic mass is 10.0. The molecule has 1 atom stereocenters. The number of hydrogen-bond acceptors (Lipinski definition) is 5. The smallest absolute Gasteiger partial charge is 0.244 e. The Morgan fingerprint density at radius 1 is 1.00 bits per heavy atom. The lowest BCUT2D eigenvalue weighted by Gasteiger charge is -2.34. The van der Waals surface area contributed by atoms with Crippen LogP contribution < -0.4 is 14.4 Å². The summed E-state index contributed by atoms with van der Waals surface area (Å²) in [5.41, 5.74) is 1.47. The number of amides is 2. The zero-order chi connectivity index (χ0) is 30.2. The van der Waals surface area contributed by atoms with Gasteiger partial charge in [0.25, 0.3) is 0 Å². The number of rotatable bonds is 13. The molecule has 3 aromatic carbocycles. The Kier molecular flexibility index (Phi) is 11.1. The van der Waals surface area contributed by atoms with E-state index in [4.69, 9.17) is 16.3 Å². The molecular weight excluding hydrogens is 569 g/mol. The van der Waals surface area contributed by atoms with E-state index in [9.17, 15) is 22.4 Å². The van der Waals surface area contributed by atoms with Gasteiger partial charge in [0.05, 0.1) is 19.1 Å². The molecule has 0 aliphatic heterocycles. The van der Waals surface area contributed by atoms with Crippen LogP contribution in [0.4, 0.5) is 10.1 Å². The molecule has 0 aliphatic rings. The van der Waals surface area contributed by atoms with E-state index in [0.717, 1.165) is 16.1 Å². The Hall–Kier alpha value is -3.63. The Morgan fingerprint density at radius 2 is 1.66 bits per heavy atom. The molecule has 3 rings (SSSR count). The third-order valence-corrected chi connectivity index (χ3v) is 7.67. The van der Waals surface area contributed by atoms with Crippen molar-refractivity contribution < 1.29 is 27.1 Å². The number of anilines is 1. The zero-order valence-electron chi connectivity index (χ0n) is 23.5. The van der Waals surface area contributed by atoms with Gasteiger partial charge in [0.2, 0.25) is 21.8 Å². The van der Waals surface area contributed by atoms with E-state index in [2.05, 4.69) is 5.32 Å². The lowest BCUT2D eigenvalue weighted by Crippen LogP contribution is -2.53. The fourth-order valence-electron chi connectivity index (χ4n) is 4.22. The van der Waals surface area contributed by atoms with Gasteiger partial charge >= 0.3 is 0 Å². The van der Waals surface area contributed by atoms with E-state index in [0.29, 0.717) is 12.1 Å². The van der Waals surface area contributed by atoms with Crippen LogP contribution in [0.1, 0.15) is 25.0 Å². The molecule has 3 aromatic rings. The molecule has 0 spiro atoms. The maximum Gasteiger partial charge on any atom is 0.244 e. The first kappa shape index (κ1) is 31.9. The van der Waals surface area contributed by atoms with Crippen LogP contribution in [0.5, 0.6) is 5.75 Å². The summed E-state index contributed by atoms with van der Waals surface area (Å²) in [7, 11) is -2.62. The van der Waals surface area contributed by atoms with Crippen molar-refractivity contribution in [3.05, 3.63) is 94.8 Å². The number of hydrogen-bond donors (Lipinski definition) is 1. The van der Waals surface area contributed by atoms with Crippen molar-refractivity contribution in [1.29, 1.82) is 0 Å². The minimum Gasteiger partial charge on any atom is -0.495 e. The molecule has 220 valence electrons. The first-order chi connectivity index (χ1) is 19.4. The van der Waals surface area contributed by atoms with Gasteiger partial charge in [-0.15, -0.1) is 0 Å². The molecule has 2 amide bonds. The molecule has 1 N–H and O–H groups in total. The molecule has 8 nitrogen and oxygen atoms in total. The van der Waals surface area contributed by atoms with E-state index in [1.165, 1.54) is 48.4 Å². The fraction of sp³-hybridized carbons (Fsp3) is 0.333. The van der Waals surface area contributed by atoms with Crippen molar-refractivity contribution in [3.8, 4) is 5.75 Å². The molecule has 0 fully saturated rings. The van der Waals surface area contributed by atoms with Crippen molar-refractivity contribution in [2.24, 2.45) is 5.92 Å². The number of halogens is 2. The van der Waals surface area contributed by atoms with Crippen molar-refractivity contribution in [2.45, 2.75) is 32.9 Å². The summed E-state index contributed by atoms with van der Waals surface area (Å²) in [6.07, 6.45) is 1.15. The van der Waals surface area contributed by atoms with Gasteiger partial charge in [-0.2, -0.15) is 0 Å². The summed E-state index contributed by atoms with van der Waals surface area (Å²) in [4.78, 5) is 29.0. The van der Waals surface area contributed by atoms with Crippen LogP contribution in [0.2, 0.25) is 5.02 Å². The highest BCUT2D eigenvalue weighted by Gasteiger charge is 2.33. The predicted molar refractivity (Wildman–Crippen MR) is 159 cm³/mol. The summed E-state index contributed by atoms with van der Waals surface area (Å²) in [5, 5.41) is 3.16. The third-order valence-electron chi connectivity index (χ3n) is 6.31. The van der Waals surface area contributed by atoms with Gasteiger partial charge in [-0.1, -0.05) is 67.9 Å². The van der Waals surface area contributed by atoms with Gasteiger partial charge in [0.1, 0.15) is 24.2 Å². The number of carbonyl (C=O) groups excluding carboxylic acids is 2. The summed E-state index contributed by atoms with van der Waals surface area (Å²) in [5.74, 6) is -1.10. The molecule has 0 unspecified atom stereocenters. The number of methoxy groups -OCH3 is 1. The number of nitrogens with one attached hydrogen (secondary N) is 1. The highest BCUT2D eigenvalue weighted by Crippen LogP contribution is 2.33. The van der Waals surface area contributed by atoms with Gasteiger partial charge in [0, 0.05) is 24.5 Å². The van der Waals surface area contributed by atoms with Crippen LogP contribution in [0.3, 0.4) is 0 Å². The minimum atomic E-state index is -4.00. The van der Waals surface area contributed by atoms with Crippen LogP contribution in [-0.2, 0) is 32.6 Å². The van der Waals surface area contributed by atoms with Crippen LogP contribution in [0.25, 0.3) is 0 Å². The van der Waals surface area contributed by atoms with Crippen LogP contribution in [0, 0.1) is 11.7 Å². The van der Waals surface area contributed by atoms with Gasteiger partial charge in [0.15, 0.2) is 0 Å². The van der Waals surface area contributed by atoms with Crippen molar-refractivity contribution in [2.75, 3.05) is 30.8 Å². The molecule has 41 heavy (non-hydrogen) atoms. The molecule has 11 heteroatoms. The molecular formula is C30H35ClFN3O5S. The topological polar surface area (TPSA) is 96.0 Å². The maximum atomic E-state index is 14.1. The highest BCUT2D eigenvalue weighted by molar-refractivity contribution is 7.92. The van der Waals surface area contributed by atoms with Gasteiger partial charge in [-0.25, -0.2) is 12.8 Å². The molecule has 0 heterocycles. The van der Waals surface area contributed by atoms with Crippen molar-refractivity contribution in [1.82, 2.24) is 10.2 Å².